The Balaban J connectivity index is 0.00000320. The van der Waals surface area contributed by atoms with E-state index in [2.05, 4.69) is 40.0 Å². The lowest BCUT2D eigenvalue weighted by Crippen LogP contribution is -2.41. The zero-order valence-electron chi connectivity index (χ0n) is 17.8. The maximum absolute atomic E-state index is 5.42. The van der Waals surface area contributed by atoms with E-state index in [1.54, 1.807) is 6.26 Å². The Bertz CT molecular complexity index is 688. The number of hydrogen-bond acceptors (Lipinski definition) is 5. The van der Waals surface area contributed by atoms with Crippen LogP contribution in [0.3, 0.4) is 0 Å². The van der Waals surface area contributed by atoms with Crippen molar-refractivity contribution in [3.63, 3.8) is 0 Å². The smallest absolute Gasteiger partial charge is 0.191 e. The minimum Gasteiger partial charge on any atom is -0.469 e. The van der Waals surface area contributed by atoms with E-state index in [1.165, 1.54) is 4.88 Å². The predicted molar refractivity (Wildman–Crippen MR) is 135 cm³/mol. The van der Waals surface area contributed by atoms with Crippen molar-refractivity contribution in [1.82, 2.24) is 15.5 Å². The summed E-state index contributed by atoms with van der Waals surface area (Å²) in [5.74, 6) is 2.41. The lowest BCUT2D eigenvalue weighted by atomic mass is 10.1. The number of hydrogen-bond donors (Lipinski definition) is 2. The number of morpholine rings is 1. The largest absolute Gasteiger partial charge is 0.469 e. The molecule has 168 valence electrons. The van der Waals surface area contributed by atoms with Crippen LogP contribution in [0.2, 0.25) is 0 Å². The topological polar surface area (TPSA) is 62.0 Å². The van der Waals surface area contributed by atoms with E-state index in [0.29, 0.717) is 5.92 Å². The fourth-order valence-corrected chi connectivity index (χ4v) is 4.22. The van der Waals surface area contributed by atoms with Gasteiger partial charge in [0.25, 0.3) is 0 Å². The minimum atomic E-state index is 0. The van der Waals surface area contributed by atoms with E-state index in [4.69, 9.17) is 14.1 Å². The molecular weight excluding hydrogens is 511 g/mol. The lowest BCUT2D eigenvalue weighted by molar-refractivity contribution is 0.0376. The Morgan fingerprint density at radius 1 is 1.20 bits per heavy atom. The second-order valence-corrected chi connectivity index (χ2v) is 8.60. The van der Waals surface area contributed by atoms with E-state index in [-0.39, 0.29) is 24.0 Å². The molecule has 0 aliphatic carbocycles. The number of rotatable bonds is 11. The van der Waals surface area contributed by atoms with Gasteiger partial charge in [0.2, 0.25) is 0 Å². The Morgan fingerprint density at radius 3 is 2.77 bits per heavy atom. The second-order valence-electron chi connectivity index (χ2n) is 7.57. The van der Waals surface area contributed by atoms with Gasteiger partial charge in [-0.2, -0.15) is 0 Å². The van der Waals surface area contributed by atoms with E-state index < -0.39 is 0 Å². The number of nitrogens with zero attached hydrogens (tertiary/aromatic N) is 2. The van der Waals surface area contributed by atoms with Gasteiger partial charge in [-0.15, -0.1) is 35.3 Å². The number of thiophene rings is 1. The Morgan fingerprint density at radius 2 is 2.03 bits per heavy atom. The van der Waals surface area contributed by atoms with Crippen molar-refractivity contribution in [2.45, 2.75) is 26.2 Å². The normalized spacial score (nSPS) is 16.1. The molecule has 0 spiro atoms. The first-order valence-corrected chi connectivity index (χ1v) is 11.5. The first kappa shape index (κ1) is 25.2. The molecule has 0 saturated carbocycles. The monoisotopic (exact) mass is 546 g/mol. The van der Waals surface area contributed by atoms with Gasteiger partial charge in [-0.25, -0.2) is 0 Å². The summed E-state index contributed by atoms with van der Waals surface area (Å²) in [6.07, 6.45) is 4.76. The molecule has 0 bridgehead atoms. The maximum Gasteiger partial charge on any atom is 0.191 e. The summed E-state index contributed by atoms with van der Waals surface area (Å²) < 4.78 is 10.8. The average molecular weight is 547 g/mol. The first-order chi connectivity index (χ1) is 14.3. The van der Waals surface area contributed by atoms with Crippen LogP contribution in [0.25, 0.3) is 0 Å². The summed E-state index contributed by atoms with van der Waals surface area (Å²) >= 11 is 1.82. The van der Waals surface area contributed by atoms with Crippen LogP contribution in [0.5, 0.6) is 0 Å². The van der Waals surface area contributed by atoms with Gasteiger partial charge in [-0.3, -0.25) is 9.89 Å². The molecule has 6 nitrogen and oxygen atoms in total. The molecule has 1 atom stereocenters. The van der Waals surface area contributed by atoms with Crippen molar-refractivity contribution in [3.8, 4) is 0 Å². The lowest BCUT2D eigenvalue weighted by Gasteiger charge is -2.26. The first-order valence-electron chi connectivity index (χ1n) is 10.7. The van der Waals surface area contributed by atoms with Crippen LogP contribution in [0.15, 0.2) is 45.3 Å². The molecule has 1 aliphatic rings. The molecule has 1 fully saturated rings. The Labute approximate surface area is 201 Å². The molecule has 0 radical (unpaired) electrons. The molecule has 0 aromatic carbocycles. The van der Waals surface area contributed by atoms with Gasteiger partial charge in [0, 0.05) is 44.0 Å². The summed E-state index contributed by atoms with van der Waals surface area (Å²) in [6.45, 7) is 9.72. The molecule has 2 aromatic heterocycles. The van der Waals surface area contributed by atoms with Gasteiger partial charge in [-0.1, -0.05) is 13.0 Å². The summed E-state index contributed by atoms with van der Waals surface area (Å²) in [5.41, 5.74) is 0. The number of guanidine groups is 1. The zero-order chi connectivity index (χ0) is 20.2. The van der Waals surface area contributed by atoms with Crippen LogP contribution in [-0.4, -0.2) is 63.3 Å². The van der Waals surface area contributed by atoms with Crippen molar-refractivity contribution < 1.29 is 9.15 Å². The van der Waals surface area contributed by atoms with Crippen molar-refractivity contribution >= 4 is 41.3 Å². The standard InChI is InChI=1S/C22H34N4O2S.HI/c1-19(17-21-6-3-16-29-21)18-25-22(24-9-7-20-5-2-13-28-20)23-8-4-10-26-11-14-27-15-12-26;/h2-3,5-6,13,16,19H,4,7-12,14-15,17-18H2,1H3,(H2,23,24,25);1H. The quantitative estimate of drug-likeness (QED) is 0.195. The summed E-state index contributed by atoms with van der Waals surface area (Å²) in [7, 11) is 0. The van der Waals surface area contributed by atoms with Gasteiger partial charge in [0.1, 0.15) is 5.76 Å². The third-order valence-corrected chi connectivity index (χ3v) is 5.88. The van der Waals surface area contributed by atoms with Gasteiger partial charge in [0.15, 0.2) is 5.96 Å². The zero-order valence-corrected chi connectivity index (χ0v) is 21.0. The van der Waals surface area contributed by atoms with Gasteiger partial charge < -0.3 is 19.8 Å². The predicted octanol–water partition coefficient (Wildman–Crippen LogP) is 3.64. The fraction of sp³-hybridized carbons (Fsp3) is 0.591. The number of halogens is 1. The van der Waals surface area contributed by atoms with Gasteiger partial charge >= 0.3 is 0 Å². The molecule has 0 amide bonds. The molecule has 2 aromatic rings. The van der Waals surface area contributed by atoms with Gasteiger partial charge in [0.05, 0.1) is 19.5 Å². The van der Waals surface area contributed by atoms with Crippen molar-refractivity contribution in [2.75, 3.05) is 52.5 Å². The van der Waals surface area contributed by atoms with Crippen LogP contribution in [0.4, 0.5) is 0 Å². The number of furan rings is 1. The van der Waals surface area contributed by atoms with Crippen LogP contribution in [0.1, 0.15) is 24.0 Å². The molecule has 1 aliphatic heterocycles. The highest BCUT2D eigenvalue weighted by atomic mass is 127. The van der Waals surface area contributed by atoms with Crippen LogP contribution in [0, 0.1) is 5.92 Å². The molecule has 1 saturated heterocycles. The third kappa shape index (κ3) is 9.80. The van der Waals surface area contributed by atoms with E-state index in [1.807, 2.05) is 23.5 Å². The Hall–Kier alpha value is -1.10. The molecule has 8 heteroatoms. The Kier molecular flexibility index (Phi) is 12.4. The highest BCUT2D eigenvalue weighted by Gasteiger charge is 2.10. The summed E-state index contributed by atoms with van der Waals surface area (Å²) in [5, 5.41) is 9.11. The SMILES string of the molecule is CC(CN=C(NCCCN1CCOCC1)NCCc1ccco1)Cc1cccs1.I. The molecular formula is C22H35IN4O2S. The van der Waals surface area contributed by atoms with E-state index in [0.717, 1.165) is 83.5 Å². The molecule has 3 heterocycles. The molecule has 30 heavy (non-hydrogen) atoms. The number of aliphatic imine (C=N–C) groups is 1. The van der Waals surface area contributed by atoms with Crippen molar-refractivity contribution in [1.29, 1.82) is 0 Å². The maximum atomic E-state index is 5.42. The van der Waals surface area contributed by atoms with Crippen molar-refractivity contribution in [2.24, 2.45) is 10.9 Å². The number of nitrogens with one attached hydrogen (secondary N) is 2. The molecule has 2 N–H and O–H groups in total. The molecule has 3 rings (SSSR count). The third-order valence-electron chi connectivity index (χ3n) is 4.98. The summed E-state index contributed by atoms with van der Waals surface area (Å²) in [4.78, 5) is 8.74. The molecule has 1 unspecified atom stereocenters. The highest BCUT2D eigenvalue weighted by Crippen LogP contribution is 2.14. The highest BCUT2D eigenvalue weighted by molar-refractivity contribution is 14.0. The number of ether oxygens (including phenoxy) is 1. The van der Waals surface area contributed by atoms with Crippen LogP contribution < -0.4 is 10.6 Å². The minimum absolute atomic E-state index is 0. The average Bonchev–Trinajstić information content (AvgIpc) is 3.44. The van der Waals surface area contributed by atoms with Crippen molar-refractivity contribution in [3.05, 3.63) is 46.5 Å². The fourth-order valence-electron chi connectivity index (χ4n) is 3.35. The van der Waals surface area contributed by atoms with Crippen LogP contribution >= 0.6 is 35.3 Å². The van der Waals surface area contributed by atoms with E-state index >= 15 is 0 Å². The van der Waals surface area contributed by atoms with E-state index in [9.17, 15) is 0 Å². The van der Waals surface area contributed by atoms with Gasteiger partial charge in [-0.05, 0) is 48.9 Å². The van der Waals surface area contributed by atoms with Crippen LogP contribution in [-0.2, 0) is 17.6 Å². The second kappa shape index (κ2) is 14.8. The summed E-state index contributed by atoms with van der Waals surface area (Å²) in [6, 6.07) is 8.27.